The highest BCUT2D eigenvalue weighted by Gasteiger charge is 2.43. The molecule has 9 heteroatoms. The van der Waals surface area contributed by atoms with E-state index < -0.39 is 29.6 Å². The van der Waals surface area contributed by atoms with E-state index in [1.54, 1.807) is 12.1 Å². The molecule has 3 rings (SSSR count). The zero-order valence-corrected chi connectivity index (χ0v) is 22.6. The second-order valence-corrected chi connectivity index (χ2v) is 7.48. The lowest BCUT2D eigenvalue weighted by Crippen LogP contribution is -2.51. The first-order valence-electron chi connectivity index (χ1n) is 12.6. The van der Waals surface area contributed by atoms with Gasteiger partial charge in [-0.1, -0.05) is 71.9 Å². The van der Waals surface area contributed by atoms with E-state index in [0.717, 1.165) is 12.2 Å². The maximum atomic E-state index is 12.0. The maximum absolute atomic E-state index is 12.0. The van der Waals surface area contributed by atoms with Crippen LogP contribution < -0.4 is 26.7 Å². The smallest absolute Gasteiger partial charge is 0.259 e. The van der Waals surface area contributed by atoms with Gasteiger partial charge in [0.15, 0.2) is 11.9 Å². The van der Waals surface area contributed by atoms with Crippen LogP contribution in [0.3, 0.4) is 0 Å². The van der Waals surface area contributed by atoms with Crippen LogP contribution in [0.5, 0.6) is 11.5 Å². The minimum Gasteiger partial charge on any atom is -0.490 e. The molecular weight excluding hydrogens is 474 g/mol. The van der Waals surface area contributed by atoms with Gasteiger partial charge in [0.2, 0.25) is 11.8 Å². The van der Waals surface area contributed by atoms with Gasteiger partial charge in [0.25, 0.3) is 5.91 Å². The number of fused-ring (bicyclic) bond motifs is 1. The van der Waals surface area contributed by atoms with Crippen LogP contribution in [0.25, 0.3) is 0 Å². The van der Waals surface area contributed by atoms with Crippen LogP contribution in [-0.2, 0) is 14.4 Å². The Labute approximate surface area is 219 Å². The molecule has 1 aliphatic heterocycles. The van der Waals surface area contributed by atoms with E-state index in [0.29, 0.717) is 6.42 Å². The molecule has 204 valence electrons. The molecule has 0 bridgehead atoms. The number of hydrogen-bond acceptors (Lipinski definition) is 6. The molecule has 3 amide bonds. The molecule has 0 saturated heterocycles. The molecule has 1 aliphatic rings. The maximum Gasteiger partial charge on any atom is 0.259 e. The van der Waals surface area contributed by atoms with E-state index >= 15 is 0 Å². The number of ketones is 1. The lowest BCUT2D eigenvalue weighted by molar-refractivity contribution is -0.133. The second-order valence-electron chi connectivity index (χ2n) is 7.48. The van der Waals surface area contributed by atoms with Crippen molar-refractivity contribution in [1.82, 2.24) is 0 Å². The van der Waals surface area contributed by atoms with Crippen LogP contribution in [0.15, 0.2) is 54.6 Å². The van der Waals surface area contributed by atoms with Gasteiger partial charge in [0.1, 0.15) is 23.5 Å². The highest BCUT2D eigenvalue weighted by molar-refractivity contribution is 6.15. The molecular formula is C28H41N3O6. The van der Waals surface area contributed by atoms with E-state index in [1.807, 2.05) is 71.9 Å². The fourth-order valence-corrected chi connectivity index (χ4v) is 3.55. The molecule has 0 fully saturated rings. The van der Waals surface area contributed by atoms with Crippen LogP contribution in [-0.4, -0.2) is 35.7 Å². The first-order valence-corrected chi connectivity index (χ1v) is 12.6. The number of primary amides is 3. The molecule has 1 heterocycles. The van der Waals surface area contributed by atoms with Gasteiger partial charge in [-0.15, -0.1) is 0 Å². The number of hydrogen-bond donors (Lipinski definition) is 3. The van der Waals surface area contributed by atoms with Crippen LogP contribution >= 0.6 is 0 Å². The highest BCUT2D eigenvalue weighted by Crippen LogP contribution is 2.30. The number of amides is 3. The molecule has 6 N–H and O–H groups in total. The molecule has 0 spiro atoms. The Morgan fingerprint density at radius 3 is 1.84 bits per heavy atom. The van der Waals surface area contributed by atoms with E-state index in [9.17, 15) is 19.2 Å². The number of carbonyl (C=O) groups excluding carboxylic acids is 4. The van der Waals surface area contributed by atoms with Crippen molar-refractivity contribution in [1.29, 1.82) is 0 Å². The van der Waals surface area contributed by atoms with Crippen molar-refractivity contribution in [2.75, 3.05) is 0 Å². The molecule has 2 aromatic carbocycles. The fraction of sp³-hybridized carbons (Fsp3) is 0.429. The van der Waals surface area contributed by atoms with Crippen molar-refractivity contribution in [3.05, 3.63) is 60.2 Å². The number of para-hydroxylation sites is 2. The molecule has 0 radical (unpaired) electrons. The molecule has 9 nitrogen and oxygen atoms in total. The average molecular weight is 516 g/mol. The third-order valence-corrected chi connectivity index (χ3v) is 5.27. The van der Waals surface area contributed by atoms with Gasteiger partial charge >= 0.3 is 0 Å². The summed E-state index contributed by atoms with van der Waals surface area (Å²) >= 11 is 0. The van der Waals surface area contributed by atoms with Gasteiger partial charge in [-0.3, -0.25) is 19.2 Å². The van der Waals surface area contributed by atoms with Gasteiger partial charge in [0, 0.05) is 0 Å². The van der Waals surface area contributed by atoms with Crippen molar-refractivity contribution in [3.63, 3.8) is 0 Å². The predicted octanol–water partition coefficient (Wildman–Crippen LogP) is 3.63. The zero-order valence-electron chi connectivity index (χ0n) is 22.6. The summed E-state index contributed by atoms with van der Waals surface area (Å²) in [6, 6.07) is 15.8. The fourth-order valence-electron chi connectivity index (χ4n) is 3.55. The minimum absolute atomic E-state index is 0.134. The highest BCUT2D eigenvalue weighted by atomic mass is 16.5. The summed E-state index contributed by atoms with van der Waals surface area (Å²) in [5.41, 5.74) is 15.8. The largest absolute Gasteiger partial charge is 0.490 e. The Bertz CT molecular complexity index is 996. The van der Waals surface area contributed by atoms with Crippen molar-refractivity contribution in [2.45, 2.75) is 66.6 Å². The summed E-state index contributed by atoms with van der Waals surface area (Å²) in [7, 11) is 0. The number of rotatable bonds is 8. The van der Waals surface area contributed by atoms with Crippen LogP contribution in [0, 0.1) is 11.8 Å². The lowest BCUT2D eigenvalue weighted by Gasteiger charge is -2.28. The summed E-state index contributed by atoms with van der Waals surface area (Å²) in [6.45, 7) is 12.0. The Morgan fingerprint density at radius 1 is 0.838 bits per heavy atom. The zero-order chi connectivity index (χ0) is 28.5. The molecule has 4 atom stereocenters. The Morgan fingerprint density at radius 2 is 1.38 bits per heavy atom. The number of Topliss-reactive ketones (excluding diaryl/α,β-unsaturated/α-hetero) is 1. The molecule has 0 aromatic heterocycles. The van der Waals surface area contributed by atoms with E-state index in [-0.39, 0.29) is 29.2 Å². The number of nitrogens with two attached hydrogens (primary N) is 3. The lowest BCUT2D eigenvalue weighted by atomic mass is 9.88. The molecule has 2 aromatic rings. The third kappa shape index (κ3) is 9.59. The Hall–Kier alpha value is -3.88. The monoisotopic (exact) mass is 515 g/mol. The van der Waals surface area contributed by atoms with Crippen LogP contribution in [0.4, 0.5) is 0 Å². The van der Waals surface area contributed by atoms with E-state index in [4.69, 9.17) is 26.7 Å². The molecule has 0 saturated carbocycles. The first kappa shape index (κ1) is 33.1. The number of ether oxygens (including phenoxy) is 2. The minimum atomic E-state index is -1.36. The normalized spacial score (nSPS) is 16.8. The Kier molecular flexibility index (Phi) is 15.7. The van der Waals surface area contributed by atoms with Crippen LogP contribution in [0.1, 0.15) is 64.7 Å². The molecule has 0 unspecified atom stereocenters. The standard InChI is InChI=1S/C13H19NO2.C11H10N2O4.2C2H6/c1-3-11(13(14)15)12(4-2)16-10-8-6-5-7-9-10;12-10(15)7-8(14)5-3-1-2-4-6(5)17-9(7)11(13)16;2*1-2/h5-9,11-12H,3-4H2,1-2H3,(H2,14,15);1-4,7,9H,(H2,12,15)(H2,13,16);2*1-2H3/t11-,12+;7-,9-;;/m00../s1. The molecule has 0 aliphatic carbocycles. The van der Waals surface area contributed by atoms with Crippen LogP contribution in [0.2, 0.25) is 0 Å². The summed E-state index contributed by atoms with van der Waals surface area (Å²) in [5, 5.41) is 0. The SMILES string of the molecule is CC.CC.CC[C@H](C(N)=O)[C@@H](CC)Oc1ccccc1.NC(=O)[C@H]1C(=O)c2ccccc2O[C@@H]1C(N)=O. The van der Waals surface area contributed by atoms with Gasteiger partial charge in [-0.25, -0.2) is 0 Å². The summed E-state index contributed by atoms with van der Waals surface area (Å²) in [4.78, 5) is 45.6. The van der Waals surface area contributed by atoms with Gasteiger partial charge in [-0.05, 0) is 37.1 Å². The second kappa shape index (κ2) is 17.5. The topological polar surface area (TPSA) is 165 Å². The van der Waals surface area contributed by atoms with E-state index in [2.05, 4.69) is 0 Å². The Balaban J connectivity index is 0.000000619. The van der Waals surface area contributed by atoms with Gasteiger partial charge in [-0.2, -0.15) is 0 Å². The van der Waals surface area contributed by atoms with E-state index in [1.165, 1.54) is 12.1 Å². The number of carbonyl (C=O) groups is 4. The summed E-state index contributed by atoms with van der Waals surface area (Å²) in [5.74, 6) is -3.20. The van der Waals surface area contributed by atoms with Crippen molar-refractivity contribution in [2.24, 2.45) is 29.0 Å². The van der Waals surface area contributed by atoms with Crippen molar-refractivity contribution in [3.8, 4) is 11.5 Å². The van der Waals surface area contributed by atoms with Gasteiger partial charge < -0.3 is 26.7 Å². The number of benzene rings is 2. The molecule has 37 heavy (non-hydrogen) atoms. The summed E-state index contributed by atoms with van der Waals surface area (Å²) < 4.78 is 11.0. The van der Waals surface area contributed by atoms with Crippen molar-refractivity contribution < 1.29 is 28.7 Å². The first-order chi connectivity index (χ1) is 17.7. The third-order valence-electron chi connectivity index (χ3n) is 5.27. The summed E-state index contributed by atoms with van der Waals surface area (Å²) in [6.07, 6.45) is 0.0107. The quantitative estimate of drug-likeness (QED) is 0.454. The predicted molar refractivity (Wildman–Crippen MR) is 144 cm³/mol. The van der Waals surface area contributed by atoms with Crippen molar-refractivity contribution >= 4 is 23.5 Å². The average Bonchev–Trinajstić information content (AvgIpc) is 2.91. The van der Waals surface area contributed by atoms with Gasteiger partial charge in [0.05, 0.1) is 11.5 Å².